The van der Waals surface area contributed by atoms with Crippen LogP contribution >= 0.6 is 0 Å². The van der Waals surface area contributed by atoms with Crippen molar-refractivity contribution in [3.05, 3.63) is 102 Å². The second-order valence-corrected chi connectivity index (χ2v) is 14.0. The summed E-state index contributed by atoms with van der Waals surface area (Å²) in [5.74, 6) is 0.663. The molecule has 0 radical (unpaired) electrons. The second kappa shape index (κ2) is 24.0. The highest BCUT2D eigenvalue weighted by atomic mass is 16.5. The molecular weight excluding hydrogens is 695 g/mol. The van der Waals surface area contributed by atoms with Gasteiger partial charge < -0.3 is 14.8 Å². The summed E-state index contributed by atoms with van der Waals surface area (Å²) in [7, 11) is 0. The number of benzene rings is 2. The lowest BCUT2D eigenvalue weighted by molar-refractivity contribution is 0.0661. The molecule has 0 aliphatic carbocycles. The zero-order valence-corrected chi connectivity index (χ0v) is 33.4. The fraction of sp³-hybridized carbons (Fsp3) is 0.512. The molecule has 0 unspecified atom stereocenters. The van der Waals surface area contributed by atoms with Crippen molar-refractivity contribution in [2.45, 2.75) is 112 Å². The summed E-state index contributed by atoms with van der Waals surface area (Å²) in [6, 6.07) is 15.5. The topological polar surface area (TPSA) is 124 Å². The number of hydrogen-bond donors (Lipinski definition) is 1. The number of unbranched alkanes of at least 4 members (excludes halogenated alkanes) is 5. The fourth-order valence-corrected chi connectivity index (χ4v) is 6.38. The molecule has 1 amide bonds. The Morgan fingerprint density at radius 1 is 0.636 bits per heavy atom. The number of ether oxygens (including phenoxy) is 2. The molecule has 4 rings (SSSR count). The number of nitrogens with zero attached hydrogens (tertiary/aromatic N) is 6. The minimum absolute atomic E-state index is 0.0359. The minimum atomic E-state index is -0.471. The number of nitrogens with one attached hydrogen (secondary N) is 1. The predicted octanol–water partition coefficient (Wildman–Crippen LogP) is 8.57. The van der Waals surface area contributed by atoms with Crippen LogP contribution in [0.25, 0.3) is 0 Å². The third kappa shape index (κ3) is 14.5. The van der Waals surface area contributed by atoms with Crippen molar-refractivity contribution in [2.24, 2.45) is 0 Å². The zero-order chi connectivity index (χ0) is 39.3. The predicted molar refractivity (Wildman–Crippen MR) is 216 cm³/mol. The maximum Gasteiger partial charge on any atom is 0.419 e. The lowest BCUT2D eigenvalue weighted by Gasteiger charge is -2.22. The molecule has 12 nitrogen and oxygen atoms in total. The molecule has 0 fully saturated rings. The van der Waals surface area contributed by atoms with Crippen molar-refractivity contribution in [1.29, 1.82) is 0 Å². The average molecular weight is 756 g/mol. The van der Waals surface area contributed by atoms with Gasteiger partial charge in [0.2, 0.25) is 0 Å². The van der Waals surface area contributed by atoms with Gasteiger partial charge in [-0.2, -0.15) is 0 Å². The zero-order valence-electron chi connectivity index (χ0n) is 33.4. The van der Waals surface area contributed by atoms with Gasteiger partial charge in [-0.15, -0.1) is 0 Å². The SMILES string of the molecule is CCCCCCOC(=O)n1ccnc1CN(Cc1ccc(C(=O)Nc2ccc(CN(CCC)CCC)cc2)cc1)Cc1nccn1C(=O)COCCCCC. The van der Waals surface area contributed by atoms with Crippen molar-refractivity contribution in [2.75, 3.05) is 38.2 Å². The van der Waals surface area contributed by atoms with Crippen LogP contribution in [-0.4, -0.2) is 79.7 Å². The number of anilines is 1. The fourth-order valence-electron chi connectivity index (χ4n) is 6.38. The molecule has 4 aromatic rings. The normalized spacial score (nSPS) is 11.4. The summed E-state index contributed by atoms with van der Waals surface area (Å²) in [6.45, 7) is 13.5. The molecule has 0 saturated carbocycles. The van der Waals surface area contributed by atoms with Crippen molar-refractivity contribution >= 4 is 23.6 Å². The van der Waals surface area contributed by atoms with Crippen molar-refractivity contribution in [3.63, 3.8) is 0 Å². The van der Waals surface area contributed by atoms with Gasteiger partial charge in [-0.1, -0.05) is 84.1 Å². The van der Waals surface area contributed by atoms with Crippen molar-refractivity contribution in [3.8, 4) is 0 Å². The van der Waals surface area contributed by atoms with E-state index in [1.807, 2.05) is 36.4 Å². The molecule has 0 aliphatic rings. The van der Waals surface area contributed by atoms with Crippen LogP contribution in [0.3, 0.4) is 0 Å². The number of amides is 1. The Hall–Kier alpha value is -4.65. The van der Waals surface area contributed by atoms with Crippen LogP contribution in [-0.2, 0) is 35.7 Å². The molecule has 298 valence electrons. The Morgan fingerprint density at radius 2 is 1.20 bits per heavy atom. The highest BCUT2D eigenvalue weighted by Gasteiger charge is 2.20. The molecule has 0 spiro atoms. The first-order chi connectivity index (χ1) is 26.8. The van der Waals surface area contributed by atoms with Gasteiger partial charge in [-0.3, -0.25) is 24.0 Å². The van der Waals surface area contributed by atoms with Crippen LogP contribution in [0.5, 0.6) is 0 Å². The van der Waals surface area contributed by atoms with Crippen molar-refractivity contribution in [1.82, 2.24) is 28.9 Å². The lowest BCUT2D eigenvalue weighted by Crippen LogP contribution is -2.29. The van der Waals surface area contributed by atoms with E-state index in [0.29, 0.717) is 43.5 Å². The number of carbonyl (C=O) groups excluding carboxylic acids is 3. The molecule has 0 atom stereocenters. The van der Waals surface area contributed by atoms with E-state index >= 15 is 0 Å². The van der Waals surface area contributed by atoms with E-state index in [2.05, 4.69) is 64.9 Å². The van der Waals surface area contributed by atoms with Gasteiger partial charge in [0.1, 0.15) is 18.3 Å². The van der Waals surface area contributed by atoms with E-state index in [0.717, 1.165) is 88.7 Å². The van der Waals surface area contributed by atoms with Gasteiger partial charge in [0.05, 0.1) is 19.7 Å². The maximum absolute atomic E-state index is 13.2. The Labute approximate surface area is 327 Å². The van der Waals surface area contributed by atoms with E-state index in [1.165, 1.54) is 14.7 Å². The van der Waals surface area contributed by atoms with Crippen LogP contribution < -0.4 is 5.32 Å². The van der Waals surface area contributed by atoms with Gasteiger partial charge in [-0.05, 0) is 74.2 Å². The van der Waals surface area contributed by atoms with E-state index in [1.54, 1.807) is 24.8 Å². The summed E-state index contributed by atoms with van der Waals surface area (Å²) in [5.41, 5.74) is 3.43. The Balaban J connectivity index is 1.44. The highest BCUT2D eigenvalue weighted by molar-refractivity contribution is 6.04. The molecule has 2 heterocycles. The van der Waals surface area contributed by atoms with Gasteiger partial charge >= 0.3 is 6.09 Å². The third-order valence-electron chi connectivity index (χ3n) is 9.29. The number of carbonyl (C=O) groups is 3. The van der Waals surface area contributed by atoms with Gasteiger partial charge in [0.15, 0.2) is 0 Å². The number of aromatic nitrogens is 4. The third-order valence-corrected chi connectivity index (χ3v) is 9.29. The highest BCUT2D eigenvalue weighted by Crippen LogP contribution is 2.17. The van der Waals surface area contributed by atoms with E-state index < -0.39 is 6.09 Å². The number of rotatable bonds is 25. The molecule has 0 bridgehead atoms. The quantitative estimate of drug-likeness (QED) is 0.0663. The van der Waals surface area contributed by atoms with Crippen LogP contribution in [0.2, 0.25) is 0 Å². The molecule has 0 saturated heterocycles. The van der Waals surface area contributed by atoms with Gasteiger partial charge in [0, 0.05) is 55.7 Å². The van der Waals surface area contributed by atoms with E-state index in [4.69, 9.17) is 9.47 Å². The van der Waals surface area contributed by atoms with Crippen LogP contribution in [0.1, 0.15) is 123 Å². The first-order valence-corrected chi connectivity index (χ1v) is 20.1. The van der Waals surface area contributed by atoms with Crippen LogP contribution in [0.4, 0.5) is 10.5 Å². The minimum Gasteiger partial charge on any atom is -0.449 e. The molecule has 12 heteroatoms. The smallest absolute Gasteiger partial charge is 0.419 e. The lowest BCUT2D eigenvalue weighted by atomic mass is 10.1. The average Bonchev–Trinajstić information content (AvgIpc) is 3.85. The Morgan fingerprint density at radius 3 is 1.84 bits per heavy atom. The van der Waals surface area contributed by atoms with Gasteiger partial charge in [0.25, 0.3) is 11.8 Å². The molecule has 1 N–H and O–H groups in total. The largest absolute Gasteiger partial charge is 0.449 e. The number of imidazole rings is 2. The monoisotopic (exact) mass is 755 g/mol. The summed E-state index contributed by atoms with van der Waals surface area (Å²) < 4.78 is 14.2. The summed E-state index contributed by atoms with van der Waals surface area (Å²) in [4.78, 5) is 52.9. The maximum atomic E-state index is 13.2. The first-order valence-electron chi connectivity index (χ1n) is 20.1. The first kappa shape index (κ1) is 43.1. The summed E-state index contributed by atoms with van der Waals surface area (Å²) in [5, 5.41) is 3.02. The van der Waals surface area contributed by atoms with Crippen molar-refractivity contribution < 1.29 is 23.9 Å². The summed E-state index contributed by atoms with van der Waals surface area (Å²) in [6.07, 6.45) is 15.3. The Kier molecular flexibility index (Phi) is 18.8. The van der Waals surface area contributed by atoms with Crippen LogP contribution in [0.15, 0.2) is 73.3 Å². The summed E-state index contributed by atoms with van der Waals surface area (Å²) >= 11 is 0. The van der Waals surface area contributed by atoms with E-state index in [9.17, 15) is 14.4 Å². The molecule has 2 aromatic heterocycles. The molecular formula is C43H61N7O5. The van der Waals surface area contributed by atoms with Crippen LogP contribution in [0, 0.1) is 0 Å². The Bertz CT molecular complexity index is 1650. The molecule has 2 aromatic carbocycles. The van der Waals surface area contributed by atoms with Gasteiger partial charge in [-0.25, -0.2) is 19.3 Å². The number of hydrogen-bond acceptors (Lipinski definition) is 9. The standard InChI is InChI=1S/C43H61N7O5/c1-5-9-11-13-29-55-43(53)50-27-23-45-40(50)33-48(32-39-44-22-26-49(39)41(51)34-54-28-12-10-6-2)31-35-14-18-37(19-15-35)42(52)46-38-20-16-36(17-21-38)30-47(24-7-3)25-8-4/h14-23,26-27H,5-13,24-25,28-34H2,1-4H3,(H,46,52). The van der Waals surface area contributed by atoms with E-state index in [-0.39, 0.29) is 25.0 Å². The molecule has 55 heavy (non-hydrogen) atoms. The second-order valence-electron chi connectivity index (χ2n) is 14.0. The molecule has 0 aliphatic heterocycles.